The molecule has 82 valence electrons. The molecular weight excluding hydrogens is 216 g/mol. The molecule has 0 radical (unpaired) electrons. The van der Waals surface area contributed by atoms with Crippen LogP contribution in [-0.2, 0) is 4.74 Å². The van der Waals surface area contributed by atoms with Crippen molar-refractivity contribution >= 4 is 24.2 Å². The van der Waals surface area contributed by atoms with E-state index in [-0.39, 0.29) is 18.2 Å². The van der Waals surface area contributed by atoms with Crippen molar-refractivity contribution < 1.29 is 9.53 Å². The number of ether oxygens (including phenoxy) is 1. The van der Waals surface area contributed by atoms with Crippen LogP contribution in [0.25, 0.3) is 0 Å². The second-order valence-corrected chi connectivity index (χ2v) is 2.71. The highest BCUT2D eigenvalue weighted by Gasteiger charge is 2.07. The summed E-state index contributed by atoms with van der Waals surface area (Å²) in [4.78, 5) is 11.3. The molecule has 0 amide bonds. The lowest BCUT2D eigenvalue weighted by Gasteiger charge is -2.03. The molecule has 4 nitrogen and oxygen atoms in total. The molecule has 0 saturated heterocycles. The maximum atomic E-state index is 11.3. The zero-order valence-corrected chi connectivity index (χ0v) is 9.14. The molecule has 15 heavy (non-hydrogen) atoms. The van der Waals surface area contributed by atoms with E-state index in [0.717, 1.165) is 0 Å². The van der Waals surface area contributed by atoms with Gasteiger partial charge in [-0.25, -0.2) is 4.79 Å². The summed E-state index contributed by atoms with van der Waals surface area (Å²) in [5.74, 6) is -0.452. The summed E-state index contributed by atoms with van der Waals surface area (Å²) >= 11 is 0. The van der Waals surface area contributed by atoms with E-state index in [1.807, 2.05) is 0 Å². The van der Waals surface area contributed by atoms with Crippen LogP contribution in [0.1, 0.15) is 22.8 Å². The molecule has 0 unspecified atom stereocenters. The first-order valence-corrected chi connectivity index (χ1v) is 4.26. The van der Waals surface area contributed by atoms with E-state index in [0.29, 0.717) is 17.7 Å². The van der Waals surface area contributed by atoms with E-state index in [2.05, 4.69) is 0 Å². The number of nitrogen functional groups attached to an aromatic ring is 1. The molecule has 0 aliphatic rings. The molecule has 0 saturated carbocycles. The Balaban J connectivity index is 0.00000196. The highest BCUT2D eigenvalue weighted by atomic mass is 35.5. The standard InChI is InChI=1S/C10H12N2O2.ClH/c1-2-14-10(13)8-5-3-4-7(6-8)9(11)12;/h3-6H,2H2,1H3,(H3,11,12);1H. The van der Waals surface area contributed by atoms with Crippen LogP contribution in [0, 0.1) is 5.41 Å². The van der Waals surface area contributed by atoms with E-state index in [1.165, 1.54) is 0 Å². The molecule has 1 aromatic carbocycles. The van der Waals surface area contributed by atoms with E-state index in [1.54, 1.807) is 31.2 Å². The Hall–Kier alpha value is -1.55. The highest BCUT2D eigenvalue weighted by Crippen LogP contribution is 2.06. The third-order valence-corrected chi connectivity index (χ3v) is 1.68. The van der Waals surface area contributed by atoms with Crippen LogP contribution < -0.4 is 5.73 Å². The van der Waals surface area contributed by atoms with Crippen molar-refractivity contribution in [2.45, 2.75) is 6.92 Å². The SMILES string of the molecule is CCOC(=O)c1cccc(C(=N)N)c1.Cl. The van der Waals surface area contributed by atoms with Crippen LogP contribution >= 0.6 is 12.4 Å². The number of halogens is 1. The quantitative estimate of drug-likeness (QED) is 0.468. The Labute approximate surface area is 94.3 Å². The molecular formula is C10H13ClN2O2. The van der Waals surface area contributed by atoms with Gasteiger partial charge in [0.05, 0.1) is 12.2 Å². The first kappa shape index (κ1) is 13.4. The average molecular weight is 229 g/mol. The van der Waals surface area contributed by atoms with Crippen molar-refractivity contribution in [3.05, 3.63) is 35.4 Å². The van der Waals surface area contributed by atoms with E-state index in [4.69, 9.17) is 15.9 Å². The van der Waals surface area contributed by atoms with Crippen molar-refractivity contribution in [3.8, 4) is 0 Å². The van der Waals surface area contributed by atoms with Crippen molar-refractivity contribution in [1.29, 1.82) is 5.41 Å². The minimum absolute atomic E-state index is 0. The summed E-state index contributed by atoms with van der Waals surface area (Å²) in [6.45, 7) is 2.08. The molecule has 0 bridgehead atoms. The topological polar surface area (TPSA) is 76.2 Å². The summed E-state index contributed by atoms with van der Waals surface area (Å²) in [5, 5.41) is 7.20. The predicted molar refractivity (Wildman–Crippen MR) is 60.7 cm³/mol. The van der Waals surface area contributed by atoms with Crippen molar-refractivity contribution in [2.75, 3.05) is 6.61 Å². The maximum absolute atomic E-state index is 11.3. The van der Waals surface area contributed by atoms with Crippen molar-refractivity contribution in [1.82, 2.24) is 0 Å². The fourth-order valence-corrected chi connectivity index (χ4v) is 1.03. The van der Waals surface area contributed by atoms with Gasteiger partial charge in [0.2, 0.25) is 0 Å². The lowest BCUT2D eigenvalue weighted by atomic mass is 10.1. The Bertz CT molecular complexity index is 366. The normalized spacial score (nSPS) is 8.87. The van der Waals surface area contributed by atoms with Gasteiger partial charge in [-0.15, -0.1) is 12.4 Å². The number of esters is 1. The molecule has 1 rings (SSSR count). The number of carbonyl (C=O) groups excluding carboxylic acids is 1. The Morgan fingerprint density at radius 3 is 2.60 bits per heavy atom. The van der Waals surface area contributed by atoms with Gasteiger partial charge in [0.15, 0.2) is 0 Å². The van der Waals surface area contributed by atoms with Crippen molar-refractivity contribution in [2.24, 2.45) is 5.73 Å². The summed E-state index contributed by atoms with van der Waals surface area (Å²) < 4.78 is 4.81. The van der Waals surface area contributed by atoms with Crippen LogP contribution in [0.3, 0.4) is 0 Å². The molecule has 0 fully saturated rings. The number of nitrogens with two attached hydrogens (primary N) is 1. The first-order valence-electron chi connectivity index (χ1n) is 4.26. The van der Waals surface area contributed by atoms with Gasteiger partial charge in [-0.3, -0.25) is 5.41 Å². The monoisotopic (exact) mass is 228 g/mol. The maximum Gasteiger partial charge on any atom is 0.338 e. The number of rotatable bonds is 3. The predicted octanol–water partition coefficient (Wildman–Crippen LogP) is 1.57. The van der Waals surface area contributed by atoms with Crippen LogP contribution in [-0.4, -0.2) is 18.4 Å². The van der Waals surface area contributed by atoms with Crippen LogP contribution in [0.5, 0.6) is 0 Å². The highest BCUT2D eigenvalue weighted by molar-refractivity contribution is 5.98. The second-order valence-electron chi connectivity index (χ2n) is 2.71. The summed E-state index contributed by atoms with van der Waals surface area (Å²) in [6, 6.07) is 6.51. The lowest BCUT2D eigenvalue weighted by molar-refractivity contribution is 0.0526. The van der Waals surface area contributed by atoms with Gasteiger partial charge >= 0.3 is 5.97 Å². The van der Waals surface area contributed by atoms with Crippen LogP contribution in [0.4, 0.5) is 0 Å². The van der Waals surface area contributed by atoms with E-state index >= 15 is 0 Å². The Morgan fingerprint density at radius 1 is 1.47 bits per heavy atom. The van der Waals surface area contributed by atoms with E-state index < -0.39 is 5.97 Å². The molecule has 0 aliphatic heterocycles. The van der Waals surface area contributed by atoms with Gasteiger partial charge in [0.1, 0.15) is 5.84 Å². The molecule has 1 aromatic rings. The van der Waals surface area contributed by atoms with Gasteiger partial charge in [0.25, 0.3) is 0 Å². The number of nitrogens with one attached hydrogen (secondary N) is 1. The van der Waals surface area contributed by atoms with Gasteiger partial charge in [-0.2, -0.15) is 0 Å². The molecule has 0 aromatic heterocycles. The fraction of sp³-hybridized carbons (Fsp3) is 0.200. The average Bonchev–Trinajstić information content (AvgIpc) is 2.18. The largest absolute Gasteiger partial charge is 0.462 e. The molecule has 0 aliphatic carbocycles. The minimum Gasteiger partial charge on any atom is -0.462 e. The zero-order valence-electron chi connectivity index (χ0n) is 8.32. The van der Waals surface area contributed by atoms with Gasteiger partial charge in [0, 0.05) is 5.56 Å². The molecule has 0 heterocycles. The van der Waals surface area contributed by atoms with Crippen LogP contribution in [0.15, 0.2) is 24.3 Å². The number of carbonyl (C=O) groups is 1. The Kier molecular flexibility index (Phi) is 5.41. The summed E-state index contributed by atoms with van der Waals surface area (Å²) in [7, 11) is 0. The van der Waals surface area contributed by atoms with Gasteiger partial charge in [-0.05, 0) is 19.1 Å². The van der Waals surface area contributed by atoms with E-state index in [9.17, 15) is 4.79 Å². The minimum atomic E-state index is -0.393. The number of hydrogen-bond acceptors (Lipinski definition) is 3. The van der Waals surface area contributed by atoms with Crippen molar-refractivity contribution in [3.63, 3.8) is 0 Å². The second kappa shape index (κ2) is 6.03. The summed E-state index contributed by atoms with van der Waals surface area (Å²) in [5.41, 5.74) is 6.23. The number of benzene rings is 1. The molecule has 5 heteroatoms. The smallest absolute Gasteiger partial charge is 0.338 e. The number of hydrogen-bond donors (Lipinski definition) is 2. The number of amidine groups is 1. The Morgan fingerprint density at radius 2 is 2.07 bits per heavy atom. The lowest BCUT2D eigenvalue weighted by Crippen LogP contribution is -2.12. The van der Waals surface area contributed by atoms with Gasteiger partial charge < -0.3 is 10.5 Å². The van der Waals surface area contributed by atoms with Crippen LogP contribution in [0.2, 0.25) is 0 Å². The third kappa shape index (κ3) is 3.59. The molecule has 0 spiro atoms. The third-order valence-electron chi connectivity index (χ3n) is 1.68. The molecule has 3 N–H and O–H groups in total. The molecule has 0 atom stereocenters. The first-order chi connectivity index (χ1) is 6.65. The van der Waals surface area contributed by atoms with Gasteiger partial charge in [-0.1, -0.05) is 12.1 Å². The zero-order chi connectivity index (χ0) is 10.6. The fourth-order valence-electron chi connectivity index (χ4n) is 1.03. The summed E-state index contributed by atoms with van der Waals surface area (Å²) in [6.07, 6.45) is 0.